The van der Waals surface area contributed by atoms with Gasteiger partial charge in [-0.05, 0) is 31.2 Å². The average Bonchev–Trinajstić information content (AvgIpc) is 2.46. The number of anilines is 1. The van der Waals surface area contributed by atoms with Gasteiger partial charge < -0.3 is 9.50 Å². The summed E-state index contributed by atoms with van der Waals surface area (Å²) < 4.78 is 29.8. The van der Waals surface area contributed by atoms with Crippen LogP contribution in [0.4, 0.5) is 5.69 Å². The lowest BCUT2D eigenvalue weighted by molar-refractivity contribution is 0.487. The molecule has 0 aliphatic rings. The fourth-order valence-corrected chi connectivity index (χ4v) is 2.69. The summed E-state index contributed by atoms with van der Waals surface area (Å²) in [6, 6.07) is 13.4. The number of nitrogens with one attached hydrogen (secondary N) is 1. The normalized spacial score (nSPS) is 10.9. The minimum absolute atomic E-state index is 0.131. The van der Waals surface area contributed by atoms with E-state index in [0.29, 0.717) is 12.2 Å². The lowest BCUT2D eigenvalue weighted by Crippen LogP contribution is -2.11. The van der Waals surface area contributed by atoms with Crippen LogP contribution in [0.15, 0.2) is 66.1 Å². The lowest BCUT2D eigenvalue weighted by atomic mass is 10.2. The van der Waals surface area contributed by atoms with Gasteiger partial charge in [-0.1, -0.05) is 35.9 Å². The summed E-state index contributed by atoms with van der Waals surface area (Å²) >= 11 is 0. The van der Waals surface area contributed by atoms with E-state index in [1.54, 1.807) is 42.5 Å². The molecule has 0 saturated carbocycles. The van der Waals surface area contributed by atoms with E-state index in [0.717, 1.165) is 5.56 Å². The molecule has 2 rings (SSSR count). The Labute approximate surface area is 125 Å². The predicted octanol–water partition coefficient (Wildman–Crippen LogP) is 3.36. The third-order valence-corrected chi connectivity index (χ3v) is 4.08. The number of hydrogen-bond acceptors (Lipinski definition) is 4. The third-order valence-electron chi connectivity index (χ3n) is 2.83. The molecule has 1 N–H and O–H groups in total. The number of hydrogen-bond donors (Lipinski definition) is 1. The number of benzene rings is 2. The Morgan fingerprint density at radius 3 is 2.48 bits per heavy atom. The molecule has 21 heavy (non-hydrogen) atoms. The first kappa shape index (κ1) is 15.1. The fraction of sp³-hybridized carbons (Fsp3) is 0.125. The maximum atomic E-state index is 12.3. The summed E-state index contributed by atoms with van der Waals surface area (Å²) in [6.07, 6.45) is 1.69. The van der Waals surface area contributed by atoms with Gasteiger partial charge in [-0.3, -0.25) is 0 Å². The summed E-state index contributed by atoms with van der Waals surface area (Å²) in [5.74, 6) is 0.264. The van der Waals surface area contributed by atoms with Crippen LogP contribution in [0, 0.1) is 6.92 Å². The molecule has 0 atom stereocenters. The van der Waals surface area contributed by atoms with Crippen molar-refractivity contribution < 1.29 is 12.6 Å². The molecular formula is C16H17NO3S. The molecule has 0 aromatic heterocycles. The van der Waals surface area contributed by atoms with Crippen LogP contribution >= 0.6 is 0 Å². The molecule has 4 nitrogen and oxygen atoms in total. The molecule has 0 spiro atoms. The molecule has 0 bridgehead atoms. The van der Waals surface area contributed by atoms with Gasteiger partial charge in [-0.25, -0.2) is 0 Å². The monoisotopic (exact) mass is 303 g/mol. The summed E-state index contributed by atoms with van der Waals surface area (Å²) in [5.41, 5.74) is 1.59. The second-order valence-corrected chi connectivity index (χ2v) is 6.06. The molecule has 0 aliphatic carbocycles. The summed E-state index contributed by atoms with van der Waals surface area (Å²) in [4.78, 5) is 0.131. The highest BCUT2D eigenvalue weighted by atomic mass is 32.2. The minimum atomic E-state index is -3.84. The van der Waals surface area contributed by atoms with Crippen molar-refractivity contribution in [2.45, 2.75) is 11.8 Å². The van der Waals surface area contributed by atoms with Crippen LogP contribution < -0.4 is 9.50 Å². The van der Waals surface area contributed by atoms with Gasteiger partial charge in [0.2, 0.25) is 0 Å². The largest absolute Gasteiger partial charge is 0.379 e. The molecule has 0 saturated heterocycles. The molecule has 0 fully saturated rings. The molecule has 0 radical (unpaired) electrons. The molecule has 0 heterocycles. The van der Waals surface area contributed by atoms with Crippen LogP contribution in [-0.4, -0.2) is 15.0 Å². The van der Waals surface area contributed by atoms with Crippen molar-refractivity contribution in [2.24, 2.45) is 0 Å². The zero-order chi connectivity index (χ0) is 15.3. The Bertz CT molecular complexity index is 721. The van der Waals surface area contributed by atoms with E-state index in [1.807, 2.05) is 6.92 Å². The predicted molar refractivity (Wildman–Crippen MR) is 84.1 cm³/mol. The van der Waals surface area contributed by atoms with Gasteiger partial charge in [0, 0.05) is 6.54 Å². The summed E-state index contributed by atoms with van der Waals surface area (Å²) in [6.45, 7) is 6.03. The molecule has 2 aromatic carbocycles. The first-order valence-electron chi connectivity index (χ1n) is 6.48. The fourth-order valence-electron chi connectivity index (χ4n) is 1.74. The Morgan fingerprint density at radius 1 is 1.14 bits per heavy atom. The van der Waals surface area contributed by atoms with E-state index in [2.05, 4.69) is 11.9 Å². The molecule has 110 valence electrons. The Morgan fingerprint density at radius 2 is 1.81 bits per heavy atom. The molecule has 0 aliphatic heterocycles. The van der Waals surface area contributed by atoms with Crippen LogP contribution in [0.5, 0.6) is 5.75 Å². The topological polar surface area (TPSA) is 55.4 Å². The Balaban J connectivity index is 2.28. The zero-order valence-electron chi connectivity index (χ0n) is 11.7. The summed E-state index contributed by atoms with van der Waals surface area (Å²) in [5, 5.41) is 3.04. The van der Waals surface area contributed by atoms with Crippen molar-refractivity contribution in [1.29, 1.82) is 0 Å². The van der Waals surface area contributed by atoms with Crippen LogP contribution in [-0.2, 0) is 10.1 Å². The zero-order valence-corrected chi connectivity index (χ0v) is 12.6. The van der Waals surface area contributed by atoms with E-state index >= 15 is 0 Å². The van der Waals surface area contributed by atoms with E-state index in [4.69, 9.17) is 4.18 Å². The smallest absolute Gasteiger partial charge is 0.339 e. The molecule has 2 aromatic rings. The highest BCUT2D eigenvalue weighted by Gasteiger charge is 2.18. The second kappa shape index (κ2) is 6.45. The van der Waals surface area contributed by atoms with Crippen molar-refractivity contribution in [1.82, 2.24) is 0 Å². The Hall–Kier alpha value is -2.27. The maximum absolute atomic E-state index is 12.3. The molecule has 5 heteroatoms. The Kier molecular flexibility index (Phi) is 4.65. The number of para-hydroxylation sites is 2. The van der Waals surface area contributed by atoms with Gasteiger partial charge in [0.1, 0.15) is 4.90 Å². The van der Waals surface area contributed by atoms with E-state index in [-0.39, 0.29) is 10.6 Å². The molecule has 0 unspecified atom stereocenters. The van der Waals surface area contributed by atoms with Crippen molar-refractivity contribution in [3.05, 3.63) is 66.7 Å². The van der Waals surface area contributed by atoms with Crippen LogP contribution in [0.1, 0.15) is 5.56 Å². The minimum Gasteiger partial charge on any atom is -0.379 e. The van der Waals surface area contributed by atoms with Gasteiger partial charge in [0.15, 0.2) is 5.75 Å². The standard InChI is InChI=1S/C16H17NO3S/c1-3-12-17-15-6-4-5-7-16(15)20-21(18,19)14-10-8-13(2)9-11-14/h3-11,17H,1,12H2,2H3. The van der Waals surface area contributed by atoms with E-state index in [9.17, 15) is 8.42 Å². The van der Waals surface area contributed by atoms with Crippen LogP contribution in [0.25, 0.3) is 0 Å². The van der Waals surface area contributed by atoms with Crippen molar-refractivity contribution in [2.75, 3.05) is 11.9 Å². The average molecular weight is 303 g/mol. The summed E-state index contributed by atoms with van der Waals surface area (Å²) in [7, 11) is -3.84. The van der Waals surface area contributed by atoms with Crippen molar-refractivity contribution >= 4 is 15.8 Å². The second-order valence-electron chi connectivity index (χ2n) is 4.52. The van der Waals surface area contributed by atoms with E-state index in [1.165, 1.54) is 12.1 Å². The van der Waals surface area contributed by atoms with Crippen molar-refractivity contribution in [3.8, 4) is 5.75 Å². The van der Waals surface area contributed by atoms with Crippen LogP contribution in [0.3, 0.4) is 0 Å². The first-order chi connectivity index (χ1) is 10.0. The highest BCUT2D eigenvalue weighted by Crippen LogP contribution is 2.27. The lowest BCUT2D eigenvalue weighted by Gasteiger charge is -2.12. The maximum Gasteiger partial charge on any atom is 0.339 e. The highest BCUT2D eigenvalue weighted by molar-refractivity contribution is 7.87. The van der Waals surface area contributed by atoms with Crippen LogP contribution in [0.2, 0.25) is 0 Å². The van der Waals surface area contributed by atoms with Gasteiger partial charge in [0.05, 0.1) is 5.69 Å². The van der Waals surface area contributed by atoms with Gasteiger partial charge in [-0.2, -0.15) is 8.42 Å². The SMILES string of the molecule is C=CCNc1ccccc1OS(=O)(=O)c1ccc(C)cc1. The third kappa shape index (κ3) is 3.86. The van der Waals surface area contributed by atoms with E-state index < -0.39 is 10.1 Å². The first-order valence-corrected chi connectivity index (χ1v) is 7.89. The number of aryl methyl sites for hydroxylation is 1. The van der Waals surface area contributed by atoms with Gasteiger partial charge in [0.25, 0.3) is 0 Å². The van der Waals surface area contributed by atoms with Gasteiger partial charge >= 0.3 is 10.1 Å². The van der Waals surface area contributed by atoms with Gasteiger partial charge in [-0.15, -0.1) is 6.58 Å². The van der Waals surface area contributed by atoms with Crippen molar-refractivity contribution in [3.63, 3.8) is 0 Å². The number of rotatable bonds is 6. The quantitative estimate of drug-likeness (QED) is 0.657. The molecule has 0 amide bonds. The molecular weight excluding hydrogens is 286 g/mol.